The van der Waals surface area contributed by atoms with Gasteiger partial charge in [0, 0.05) is 22.5 Å². The van der Waals surface area contributed by atoms with Crippen molar-refractivity contribution < 1.29 is 8.42 Å². The summed E-state index contributed by atoms with van der Waals surface area (Å²) in [7, 11) is -3.44. The summed E-state index contributed by atoms with van der Waals surface area (Å²) in [5, 5.41) is 18.8. The molecule has 0 fully saturated rings. The molecular formula is C19H24N6O2S. The van der Waals surface area contributed by atoms with Crippen LogP contribution in [0.15, 0.2) is 23.9 Å². The quantitative estimate of drug-likeness (QED) is 0.521. The smallest absolute Gasteiger partial charge is 0.231 e. The number of hydrogen-bond acceptors (Lipinski definition) is 5. The first-order valence-corrected chi connectivity index (χ1v) is 11.1. The zero-order valence-corrected chi connectivity index (χ0v) is 17.2. The van der Waals surface area contributed by atoms with Gasteiger partial charge in [0.1, 0.15) is 0 Å². The Hall–Kier alpha value is -2.81. The number of aromatic nitrogens is 4. The Bertz CT molecular complexity index is 1190. The topological polar surface area (TPSA) is 116 Å². The Kier molecular flexibility index (Phi) is 4.41. The van der Waals surface area contributed by atoms with Gasteiger partial charge in [0.05, 0.1) is 29.4 Å². The van der Waals surface area contributed by atoms with Crippen LogP contribution < -0.4 is 10.0 Å². The van der Waals surface area contributed by atoms with Gasteiger partial charge in [0.25, 0.3) is 0 Å². The van der Waals surface area contributed by atoms with Gasteiger partial charge in [0.2, 0.25) is 10.0 Å². The number of aromatic amines is 2. The van der Waals surface area contributed by atoms with E-state index in [1.807, 2.05) is 25.3 Å². The summed E-state index contributed by atoms with van der Waals surface area (Å²) in [4.78, 5) is 0. The predicted octanol–water partition coefficient (Wildman–Crippen LogP) is 3.71. The molecule has 8 nitrogen and oxygen atoms in total. The number of nitrogens with zero attached hydrogens (tertiary/aromatic N) is 2. The van der Waals surface area contributed by atoms with Gasteiger partial charge in [0.15, 0.2) is 5.82 Å². The van der Waals surface area contributed by atoms with E-state index in [4.69, 9.17) is 0 Å². The van der Waals surface area contributed by atoms with E-state index in [9.17, 15) is 8.42 Å². The van der Waals surface area contributed by atoms with Gasteiger partial charge < -0.3 is 5.32 Å². The molecule has 0 aliphatic carbocycles. The maximum absolute atomic E-state index is 11.8. The first kappa shape index (κ1) is 18.5. The predicted molar refractivity (Wildman–Crippen MR) is 112 cm³/mol. The van der Waals surface area contributed by atoms with Gasteiger partial charge >= 0.3 is 0 Å². The van der Waals surface area contributed by atoms with Crippen molar-refractivity contribution in [3.05, 3.63) is 40.7 Å². The summed E-state index contributed by atoms with van der Waals surface area (Å²) in [5.41, 5.74) is 7.30. The van der Waals surface area contributed by atoms with Crippen molar-refractivity contribution in [2.45, 2.75) is 39.7 Å². The van der Waals surface area contributed by atoms with E-state index in [1.54, 1.807) is 0 Å². The molecular weight excluding hydrogens is 376 g/mol. The number of hydrogen-bond donors (Lipinski definition) is 4. The number of benzene rings is 1. The SMILES string of the molecule is CCCC1=C(C)c2c(ccc3[nH]nc(NS(C)(=O)=O)c23)NC1c1cn[nH]c1C. The third kappa shape index (κ3) is 3.05. The lowest BCUT2D eigenvalue weighted by Gasteiger charge is -2.32. The Morgan fingerprint density at radius 1 is 1.21 bits per heavy atom. The number of sulfonamides is 1. The molecule has 3 aromatic rings. The molecule has 1 aliphatic heterocycles. The Labute approximate surface area is 163 Å². The minimum absolute atomic E-state index is 0.0295. The van der Waals surface area contributed by atoms with Crippen molar-refractivity contribution in [2.75, 3.05) is 16.3 Å². The number of H-pyrrole nitrogens is 2. The van der Waals surface area contributed by atoms with Crippen LogP contribution in [0.2, 0.25) is 0 Å². The molecule has 148 valence electrons. The molecule has 1 unspecified atom stereocenters. The normalized spacial score (nSPS) is 16.9. The summed E-state index contributed by atoms with van der Waals surface area (Å²) in [6.07, 6.45) is 4.93. The highest BCUT2D eigenvalue weighted by atomic mass is 32.2. The molecule has 0 spiro atoms. The van der Waals surface area contributed by atoms with Gasteiger partial charge in [-0.3, -0.25) is 14.9 Å². The van der Waals surface area contributed by atoms with Crippen LogP contribution in [0.5, 0.6) is 0 Å². The van der Waals surface area contributed by atoms with E-state index in [1.165, 1.54) is 5.57 Å². The van der Waals surface area contributed by atoms with Gasteiger partial charge in [-0.2, -0.15) is 10.2 Å². The Morgan fingerprint density at radius 2 is 2.00 bits per heavy atom. The number of nitrogens with one attached hydrogen (secondary N) is 4. The minimum Gasteiger partial charge on any atom is -0.374 e. The van der Waals surface area contributed by atoms with E-state index in [-0.39, 0.29) is 6.04 Å². The van der Waals surface area contributed by atoms with Crippen molar-refractivity contribution >= 4 is 38.0 Å². The monoisotopic (exact) mass is 400 g/mol. The average Bonchev–Trinajstić information content (AvgIpc) is 3.22. The van der Waals surface area contributed by atoms with Crippen molar-refractivity contribution in [1.82, 2.24) is 20.4 Å². The van der Waals surface area contributed by atoms with Gasteiger partial charge in [-0.25, -0.2) is 8.42 Å². The molecule has 28 heavy (non-hydrogen) atoms. The second kappa shape index (κ2) is 6.66. The standard InChI is InChI=1S/C19H24N6O2S/c1-5-6-12-10(2)16-14(21-18(12)13-9-20-22-11(13)3)7-8-15-17(16)19(24-23-15)25-28(4,26)27/h7-9,18,21H,5-6H2,1-4H3,(H,20,22)(H2,23,24,25). The molecule has 1 aliphatic rings. The Balaban J connectivity index is 1.95. The maximum atomic E-state index is 11.8. The molecule has 0 bridgehead atoms. The minimum atomic E-state index is -3.44. The van der Waals surface area contributed by atoms with Crippen LogP contribution in [0.25, 0.3) is 16.5 Å². The first-order valence-electron chi connectivity index (χ1n) is 9.25. The van der Waals surface area contributed by atoms with Crippen LogP contribution in [-0.4, -0.2) is 35.1 Å². The molecule has 0 saturated carbocycles. The zero-order chi connectivity index (χ0) is 20.1. The fourth-order valence-corrected chi connectivity index (χ4v) is 4.51. The van der Waals surface area contributed by atoms with Crippen molar-refractivity contribution in [2.24, 2.45) is 0 Å². The van der Waals surface area contributed by atoms with Crippen LogP contribution in [0.4, 0.5) is 11.5 Å². The average molecular weight is 401 g/mol. The zero-order valence-electron chi connectivity index (χ0n) is 16.3. The lowest BCUT2D eigenvalue weighted by molar-refractivity contribution is 0.606. The van der Waals surface area contributed by atoms with Crippen molar-refractivity contribution in [3.8, 4) is 0 Å². The molecule has 0 radical (unpaired) electrons. The second-order valence-electron chi connectivity index (χ2n) is 7.29. The second-order valence-corrected chi connectivity index (χ2v) is 9.03. The molecule has 3 heterocycles. The van der Waals surface area contributed by atoms with Crippen LogP contribution in [0, 0.1) is 6.92 Å². The maximum Gasteiger partial charge on any atom is 0.231 e. The number of allylic oxidation sites excluding steroid dienone is 1. The van der Waals surface area contributed by atoms with Crippen LogP contribution in [0.1, 0.15) is 49.6 Å². The fraction of sp³-hybridized carbons (Fsp3) is 0.368. The third-order valence-electron chi connectivity index (χ3n) is 5.22. The highest BCUT2D eigenvalue weighted by molar-refractivity contribution is 7.92. The molecule has 4 rings (SSSR count). The van der Waals surface area contributed by atoms with Crippen molar-refractivity contribution in [3.63, 3.8) is 0 Å². The lowest BCUT2D eigenvalue weighted by atomic mass is 9.84. The van der Waals surface area contributed by atoms with Gasteiger partial charge in [-0.1, -0.05) is 13.3 Å². The van der Waals surface area contributed by atoms with Gasteiger partial charge in [-0.15, -0.1) is 0 Å². The highest BCUT2D eigenvalue weighted by Crippen LogP contribution is 2.46. The summed E-state index contributed by atoms with van der Waals surface area (Å²) in [6.45, 7) is 6.28. The molecule has 9 heteroatoms. The number of aryl methyl sites for hydroxylation is 1. The van der Waals surface area contributed by atoms with E-state index in [2.05, 4.69) is 44.3 Å². The van der Waals surface area contributed by atoms with Crippen LogP contribution >= 0.6 is 0 Å². The third-order valence-corrected chi connectivity index (χ3v) is 5.78. The van der Waals surface area contributed by atoms with E-state index < -0.39 is 10.0 Å². The molecule has 1 aromatic carbocycles. The molecule has 0 amide bonds. The fourth-order valence-electron chi connectivity index (χ4n) is 4.01. The molecule has 2 aromatic heterocycles. The largest absolute Gasteiger partial charge is 0.374 e. The Morgan fingerprint density at radius 3 is 2.64 bits per heavy atom. The molecule has 1 atom stereocenters. The van der Waals surface area contributed by atoms with E-state index >= 15 is 0 Å². The lowest BCUT2D eigenvalue weighted by Crippen LogP contribution is -2.20. The highest BCUT2D eigenvalue weighted by Gasteiger charge is 2.30. The number of rotatable bonds is 5. The summed E-state index contributed by atoms with van der Waals surface area (Å²) in [5.74, 6) is 0.323. The molecule has 0 saturated heterocycles. The summed E-state index contributed by atoms with van der Waals surface area (Å²) in [6, 6.07) is 3.95. The van der Waals surface area contributed by atoms with Gasteiger partial charge in [-0.05, 0) is 43.5 Å². The summed E-state index contributed by atoms with van der Waals surface area (Å²) < 4.78 is 26.1. The molecule has 4 N–H and O–H groups in total. The van der Waals surface area contributed by atoms with Crippen LogP contribution in [-0.2, 0) is 10.0 Å². The number of anilines is 2. The van der Waals surface area contributed by atoms with E-state index in [0.29, 0.717) is 5.82 Å². The number of fused-ring (bicyclic) bond motifs is 3. The van der Waals surface area contributed by atoms with Crippen molar-refractivity contribution in [1.29, 1.82) is 0 Å². The summed E-state index contributed by atoms with van der Waals surface area (Å²) >= 11 is 0. The van der Waals surface area contributed by atoms with E-state index in [0.717, 1.165) is 58.1 Å². The first-order chi connectivity index (χ1) is 13.3. The van der Waals surface area contributed by atoms with Crippen LogP contribution in [0.3, 0.4) is 0 Å².